The van der Waals surface area contributed by atoms with Crippen molar-refractivity contribution in [3.05, 3.63) is 78.8 Å². The number of fused-ring (bicyclic) bond motifs is 1. The van der Waals surface area contributed by atoms with Crippen molar-refractivity contribution in [1.29, 1.82) is 0 Å². The largest absolute Gasteiger partial charge is 0.294 e. The predicted octanol–water partition coefficient (Wildman–Crippen LogP) is 3.66. The maximum absolute atomic E-state index is 12.5. The molecule has 0 N–H and O–H groups in total. The van der Waals surface area contributed by atoms with E-state index in [0.717, 1.165) is 0 Å². The minimum Gasteiger partial charge on any atom is -0.294 e. The molecule has 8 heteroatoms. The number of nitrogens with zero attached hydrogens (tertiary/aromatic N) is 3. The van der Waals surface area contributed by atoms with Gasteiger partial charge in [-0.05, 0) is 24.3 Å². The van der Waals surface area contributed by atoms with Crippen molar-refractivity contribution in [2.24, 2.45) is 0 Å². The Morgan fingerprint density at radius 2 is 2.00 bits per heavy atom. The van der Waals surface area contributed by atoms with Gasteiger partial charge in [-0.1, -0.05) is 29.3 Å². The minimum atomic E-state index is -0.530. The highest BCUT2D eigenvalue weighted by molar-refractivity contribution is 6.31. The average Bonchev–Trinajstić information content (AvgIpc) is 2.52. The molecule has 0 aliphatic heterocycles. The fraction of sp³-hybridized carbons (Fsp3) is 0.0667. The highest BCUT2D eigenvalue weighted by Crippen LogP contribution is 2.26. The molecule has 0 spiro atoms. The van der Waals surface area contributed by atoms with E-state index in [0.29, 0.717) is 15.9 Å². The van der Waals surface area contributed by atoms with Gasteiger partial charge in [0.2, 0.25) is 0 Å². The highest BCUT2D eigenvalue weighted by atomic mass is 35.5. The van der Waals surface area contributed by atoms with Crippen LogP contribution in [0.2, 0.25) is 10.0 Å². The van der Waals surface area contributed by atoms with E-state index >= 15 is 0 Å². The van der Waals surface area contributed by atoms with Crippen LogP contribution >= 0.6 is 23.2 Å². The van der Waals surface area contributed by atoms with E-state index in [9.17, 15) is 14.9 Å². The second-order valence-corrected chi connectivity index (χ2v) is 5.68. The summed E-state index contributed by atoms with van der Waals surface area (Å²) < 4.78 is 1.27. The number of nitro groups is 1. The summed E-state index contributed by atoms with van der Waals surface area (Å²) in [5.41, 5.74) is 0.274. The lowest BCUT2D eigenvalue weighted by atomic mass is 10.1. The number of benzene rings is 2. The van der Waals surface area contributed by atoms with Gasteiger partial charge in [0.1, 0.15) is 0 Å². The first-order valence-electron chi connectivity index (χ1n) is 6.54. The smallest absolute Gasteiger partial charge is 0.275 e. The van der Waals surface area contributed by atoms with Crippen molar-refractivity contribution in [2.75, 3.05) is 0 Å². The fourth-order valence-corrected chi connectivity index (χ4v) is 2.69. The first kappa shape index (κ1) is 15.5. The molecule has 1 aromatic heterocycles. The molecule has 2 aromatic carbocycles. The van der Waals surface area contributed by atoms with Crippen molar-refractivity contribution >= 4 is 39.8 Å². The molecular weight excluding hydrogens is 341 g/mol. The molecule has 0 saturated carbocycles. The van der Waals surface area contributed by atoms with Gasteiger partial charge in [-0.25, -0.2) is 4.98 Å². The van der Waals surface area contributed by atoms with E-state index in [1.165, 1.54) is 29.1 Å². The van der Waals surface area contributed by atoms with Gasteiger partial charge in [0, 0.05) is 11.1 Å². The molecule has 3 aromatic rings. The summed E-state index contributed by atoms with van der Waals surface area (Å²) in [6.45, 7) is -0.0513. The quantitative estimate of drug-likeness (QED) is 0.533. The van der Waals surface area contributed by atoms with Crippen molar-refractivity contribution < 1.29 is 4.92 Å². The molecule has 0 amide bonds. The van der Waals surface area contributed by atoms with Crippen LogP contribution in [0.4, 0.5) is 5.69 Å². The normalized spacial score (nSPS) is 10.9. The summed E-state index contributed by atoms with van der Waals surface area (Å²) in [6.07, 6.45) is 1.34. The summed E-state index contributed by atoms with van der Waals surface area (Å²) in [4.78, 5) is 27.3. The van der Waals surface area contributed by atoms with Crippen molar-refractivity contribution in [1.82, 2.24) is 9.55 Å². The monoisotopic (exact) mass is 349 g/mol. The van der Waals surface area contributed by atoms with Gasteiger partial charge in [-0.3, -0.25) is 19.5 Å². The molecular formula is C15H9Cl2N3O3. The molecule has 6 nitrogen and oxygen atoms in total. The van der Waals surface area contributed by atoms with Crippen LogP contribution in [-0.4, -0.2) is 14.5 Å². The third-order valence-corrected chi connectivity index (χ3v) is 3.99. The standard InChI is InChI=1S/C15H9Cl2N3O3/c16-9-4-5-13-10(6-9)15(21)19(8-18-13)7-11-12(17)2-1-3-14(11)20(22)23/h1-6,8H,7H2. The van der Waals surface area contributed by atoms with Crippen LogP contribution in [0, 0.1) is 10.1 Å². The third-order valence-electron chi connectivity index (χ3n) is 3.41. The maximum Gasteiger partial charge on any atom is 0.275 e. The predicted molar refractivity (Wildman–Crippen MR) is 88.2 cm³/mol. The molecule has 0 radical (unpaired) electrons. The molecule has 1 heterocycles. The van der Waals surface area contributed by atoms with Gasteiger partial charge in [0.15, 0.2) is 0 Å². The Morgan fingerprint density at radius 3 is 2.74 bits per heavy atom. The van der Waals surface area contributed by atoms with Crippen molar-refractivity contribution in [3.8, 4) is 0 Å². The number of halogens is 2. The highest BCUT2D eigenvalue weighted by Gasteiger charge is 2.18. The van der Waals surface area contributed by atoms with Crippen LogP contribution in [0.5, 0.6) is 0 Å². The average molecular weight is 350 g/mol. The summed E-state index contributed by atoms with van der Waals surface area (Å²) >= 11 is 12.0. The van der Waals surface area contributed by atoms with Gasteiger partial charge in [-0.2, -0.15) is 0 Å². The van der Waals surface area contributed by atoms with E-state index in [1.807, 2.05) is 0 Å². The Bertz CT molecular complexity index is 985. The second-order valence-electron chi connectivity index (χ2n) is 4.83. The molecule has 0 atom stereocenters. The van der Waals surface area contributed by atoms with Crippen molar-refractivity contribution in [3.63, 3.8) is 0 Å². The van der Waals surface area contributed by atoms with Gasteiger partial charge in [0.25, 0.3) is 11.2 Å². The van der Waals surface area contributed by atoms with Crippen LogP contribution < -0.4 is 5.56 Å². The Hall–Kier alpha value is -2.44. The number of aromatic nitrogens is 2. The zero-order chi connectivity index (χ0) is 16.6. The Labute approximate surface area is 140 Å². The molecule has 3 rings (SSSR count). The van der Waals surface area contributed by atoms with E-state index in [1.54, 1.807) is 18.2 Å². The van der Waals surface area contributed by atoms with Crippen LogP contribution in [-0.2, 0) is 6.54 Å². The SMILES string of the molecule is O=c1c2cc(Cl)ccc2ncn1Cc1c(Cl)cccc1[N+](=O)[O-]. The lowest BCUT2D eigenvalue weighted by Gasteiger charge is -2.09. The number of hydrogen-bond donors (Lipinski definition) is 0. The summed E-state index contributed by atoms with van der Waals surface area (Å²) in [7, 11) is 0. The molecule has 0 saturated heterocycles. The summed E-state index contributed by atoms with van der Waals surface area (Å²) in [6, 6.07) is 9.17. The number of rotatable bonds is 3. The molecule has 0 unspecified atom stereocenters. The molecule has 0 bridgehead atoms. The Balaban J connectivity index is 2.15. The minimum absolute atomic E-state index is 0.0513. The maximum atomic E-state index is 12.5. The van der Waals surface area contributed by atoms with E-state index < -0.39 is 4.92 Å². The van der Waals surface area contributed by atoms with E-state index in [4.69, 9.17) is 23.2 Å². The zero-order valence-corrected chi connectivity index (χ0v) is 13.1. The van der Waals surface area contributed by atoms with Crippen LogP contribution in [0.25, 0.3) is 10.9 Å². The zero-order valence-electron chi connectivity index (χ0n) is 11.6. The Kier molecular flexibility index (Phi) is 4.02. The summed E-state index contributed by atoms with van der Waals surface area (Å²) in [5, 5.41) is 12.1. The van der Waals surface area contributed by atoms with Gasteiger partial charge in [-0.15, -0.1) is 0 Å². The second kappa shape index (κ2) is 5.98. The number of nitro benzene ring substituents is 1. The first-order chi connectivity index (χ1) is 11.0. The molecule has 0 fully saturated rings. The number of hydrogen-bond acceptors (Lipinski definition) is 4. The van der Waals surface area contributed by atoms with E-state index in [2.05, 4.69) is 4.98 Å². The first-order valence-corrected chi connectivity index (χ1v) is 7.29. The van der Waals surface area contributed by atoms with Crippen molar-refractivity contribution in [2.45, 2.75) is 6.54 Å². The molecule has 23 heavy (non-hydrogen) atoms. The molecule has 0 aliphatic carbocycles. The summed E-state index contributed by atoms with van der Waals surface area (Å²) in [5.74, 6) is 0. The fourth-order valence-electron chi connectivity index (χ4n) is 2.29. The van der Waals surface area contributed by atoms with Crippen LogP contribution in [0.3, 0.4) is 0 Å². The van der Waals surface area contributed by atoms with Gasteiger partial charge in [0.05, 0.1) is 39.3 Å². The van der Waals surface area contributed by atoms with Gasteiger partial charge >= 0.3 is 0 Å². The lowest BCUT2D eigenvalue weighted by Crippen LogP contribution is -2.21. The lowest BCUT2D eigenvalue weighted by molar-refractivity contribution is -0.385. The van der Waals surface area contributed by atoms with Crippen LogP contribution in [0.1, 0.15) is 5.56 Å². The molecule has 116 valence electrons. The van der Waals surface area contributed by atoms with Crippen LogP contribution in [0.15, 0.2) is 47.5 Å². The topological polar surface area (TPSA) is 78.0 Å². The van der Waals surface area contributed by atoms with Gasteiger partial charge < -0.3 is 0 Å². The van der Waals surface area contributed by atoms with E-state index in [-0.39, 0.29) is 28.4 Å². The third kappa shape index (κ3) is 2.91. The Morgan fingerprint density at radius 1 is 1.22 bits per heavy atom. The molecule has 0 aliphatic rings.